The van der Waals surface area contributed by atoms with E-state index in [0.717, 1.165) is 19.6 Å². The first-order chi connectivity index (χ1) is 10.2. The Morgan fingerprint density at radius 3 is 2.81 bits per heavy atom. The number of piperazine rings is 1. The molecule has 2 heterocycles. The van der Waals surface area contributed by atoms with Crippen molar-refractivity contribution in [2.45, 2.75) is 45.3 Å². The molecular formula is C17H26N4. The van der Waals surface area contributed by atoms with Gasteiger partial charge in [0.05, 0.1) is 11.2 Å². The lowest BCUT2D eigenvalue weighted by molar-refractivity contribution is 0.116. The van der Waals surface area contributed by atoms with Crippen LogP contribution in [0.3, 0.4) is 0 Å². The molecule has 1 saturated heterocycles. The number of para-hydroxylation sites is 1. The van der Waals surface area contributed by atoms with Gasteiger partial charge in [-0.15, -0.1) is 0 Å². The summed E-state index contributed by atoms with van der Waals surface area (Å²) in [4.78, 5) is 2.61. The Morgan fingerprint density at radius 1 is 1.24 bits per heavy atom. The molecule has 1 aromatic carbocycles. The molecule has 1 N–H and O–H groups in total. The Bertz CT molecular complexity index is 604. The number of rotatable bonds is 4. The maximum absolute atomic E-state index is 4.76. The summed E-state index contributed by atoms with van der Waals surface area (Å²) in [5.74, 6) is 0. The first kappa shape index (κ1) is 14.5. The molecule has 0 bridgehead atoms. The number of hydrogen-bond donors (Lipinski definition) is 1. The van der Waals surface area contributed by atoms with E-state index in [1.54, 1.807) is 0 Å². The van der Waals surface area contributed by atoms with Crippen molar-refractivity contribution in [3.63, 3.8) is 0 Å². The molecule has 0 radical (unpaired) electrons. The van der Waals surface area contributed by atoms with Gasteiger partial charge in [-0.05, 0) is 18.9 Å². The van der Waals surface area contributed by atoms with Crippen molar-refractivity contribution < 1.29 is 0 Å². The Kier molecular flexibility index (Phi) is 4.27. The maximum atomic E-state index is 4.76. The van der Waals surface area contributed by atoms with Crippen LogP contribution in [0, 0.1) is 0 Å². The minimum absolute atomic E-state index is 0.614. The van der Waals surface area contributed by atoms with Crippen molar-refractivity contribution in [3.05, 3.63) is 30.0 Å². The van der Waals surface area contributed by atoms with Gasteiger partial charge >= 0.3 is 0 Å². The van der Waals surface area contributed by atoms with Crippen molar-refractivity contribution in [1.29, 1.82) is 0 Å². The predicted octanol–water partition coefficient (Wildman–Crippen LogP) is 2.54. The highest BCUT2D eigenvalue weighted by Crippen LogP contribution is 2.21. The highest BCUT2D eigenvalue weighted by atomic mass is 15.3. The fraction of sp³-hybridized carbons (Fsp3) is 0.588. The molecule has 2 unspecified atom stereocenters. The second-order valence-electron chi connectivity index (χ2n) is 6.09. The summed E-state index contributed by atoms with van der Waals surface area (Å²) < 4.78 is 2.01. The number of hydrogen-bond acceptors (Lipinski definition) is 3. The van der Waals surface area contributed by atoms with Crippen LogP contribution in [0.15, 0.2) is 24.3 Å². The van der Waals surface area contributed by atoms with Gasteiger partial charge in [0.15, 0.2) is 0 Å². The molecule has 0 amide bonds. The first-order valence-corrected chi connectivity index (χ1v) is 8.11. The number of nitrogens with zero attached hydrogens (tertiary/aromatic N) is 3. The van der Waals surface area contributed by atoms with Crippen LogP contribution in [0.25, 0.3) is 10.9 Å². The van der Waals surface area contributed by atoms with E-state index in [9.17, 15) is 0 Å². The van der Waals surface area contributed by atoms with E-state index in [4.69, 9.17) is 5.10 Å². The smallest absolute Gasteiger partial charge is 0.0843 e. The van der Waals surface area contributed by atoms with Gasteiger partial charge in [0.25, 0.3) is 0 Å². The maximum Gasteiger partial charge on any atom is 0.0843 e. The summed E-state index contributed by atoms with van der Waals surface area (Å²) in [6.07, 6.45) is 2.38. The molecule has 0 saturated carbocycles. The number of aryl methyl sites for hydroxylation is 1. The van der Waals surface area contributed by atoms with Gasteiger partial charge in [0.1, 0.15) is 0 Å². The Hall–Kier alpha value is -1.39. The monoisotopic (exact) mass is 286 g/mol. The molecule has 21 heavy (non-hydrogen) atoms. The lowest BCUT2D eigenvalue weighted by Gasteiger charge is -2.39. The predicted molar refractivity (Wildman–Crippen MR) is 87.3 cm³/mol. The van der Waals surface area contributed by atoms with E-state index >= 15 is 0 Å². The number of nitrogens with one attached hydrogen (secondary N) is 1. The van der Waals surface area contributed by atoms with Crippen molar-refractivity contribution >= 4 is 10.9 Å². The molecule has 0 spiro atoms. The van der Waals surface area contributed by atoms with Crippen molar-refractivity contribution in [3.8, 4) is 0 Å². The fourth-order valence-electron chi connectivity index (χ4n) is 3.40. The summed E-state index contributed by atoms with van der Waals surface area (Å²) in [6.45, 7) is 7.72. The molecule has 1 fully saturated rings. The van der Waals surface area contributed by atoms with Crippen LogP contribution in [0.5, 0.6) is 0 Å². The second-order valence-corrected chi connectivity index (χ2v) is 6.09. The van der Waals surface area contributed by atoms with Gasteiger partial charge < -0.3 is 5.32 Å². The SMILES string of the molecule is CCC1CN(Cc2nn(C)c3ccccc23)C(CC)CN1. The standard InChI is InChI=1S/C17H26N4/c1-4-13-11-21(14(5-2)10-18-13)12-16-15-8-6-7-9-17(15)20(3)19-16/h6-9,13-14,18H,4-5,10-12H2,1-3H3. The second kappa shape index (κ2) is 6.16. The van der Waals surface area contributed by atoms with Crippen LogP contribution in [0.4, 0.5) is 0 Å². The van der Waals surface area contributed by atoms with Crippen LogP contribution in [0.1, 0.15) is 32.4 Å². The lowest BCUT2D eigenvalue weighted by atomic mass is 10.0. The van der Waals surface area contributed by atoms with Gasteiger partial charge in [-0.1, -0.05) is 32.0 Å². The minimum atomic E-state index is 0.614. The molecule has 4 nitrogen and oxygen atoms in total. The molecule has 2 atom stereocenters. The molecule has 114 valence electrons. The molecule has 1 aromatic heterocycles. The zero-order chi connectivity index (χ0) is 14.8. The lowest BCUT2D eigenvalue weighted by Crippen LogP contribution is -2.55. The van der Waals surface area contributed by atoms with E-state index in [1.807, 2.05) is 11.7 Å². The van der Waals surface area contributed by atoms with Gasteiger partial charge in [-0.2, -0.15) is 5.10 Å². The first-order valence-electron chi connectivity index (χ1n) is 8.11. The van der Waals surface area contributed by atoms with E-state index in [2.05, 4.69) is 48.3 Å². The largest absolute Gasteiger partial charge is 0.311 e. The summed E-state index contributed by atoms with van der Waals surface area (Å²) in [6, 6.07) is 9.77. The number of aromatic nitrogens is 2. The van der Waals surface area contributed by atoms with E-state index in [-0.39, 0.29) is 0 Å². The Morgan fingerprint density at radius 2 is 2.05 bits per heavy atom. The molecular weight excluding hydrogens is 260 g/mol. The molecule has 1 aliphatic heterocycles. The van der Waals surface area contributed by atoms with Gasteiger partial charge in [-0.3, -0.25) is 9.58 Å². The highest BCUT2D eigenvalue weighted by Gasteiger charge is 2.26. The average Bonchev–Trinajstić information content (AvgIpc) is 2.84. The summed E-state index contributed by atoms with van der Waals surface area (Å²) >= 11 is 0. The Balaban J connectivity index is 1.85. The highest BCUT2D eigenvalue weighted by molar-refractivity contribution is 5.81. The van der Waals surface area contributed by atoms with Crippen molar-refractivity contribution in [2.24, 2.45) is 7.05 Å². The van der Waals surface area contributed by atoms with Gasteiger partial charge in [0, 0.05) is 44.2 Å². The summed E-state index contributed by atoms with van der Waals surface area (Å²) in [5.41, 5.74) is 2.44. The van der Waals surface area contributed by atoms with E-state index < -0.39 is 0 Å². The Labute approximate surface area is 127 Å². The molecule has 4 heteroatoms. The van der Waals surface area contributed by atoms with Crippen LogP contribution < -0.4 is 5.32 Å². The summed E-state index contributed by atoms with van der Waals surface area (Å²) in [5, 5.41) is 9.71. The fourth-order valence-corrected chi connectivity index (χ4v) is 3.40. The molecule has 1 aliphatic rings. The third kappa shape index (κ3) is 2.83. The third-order valence-corrected chi connectivity index (χ3v) is 4.76. The quantitative estimate of drug-likeness (QED) is 0.937. The topological polar surface area (TPSA) is 33.1 Å². The van der Waals surface area contributed by atoms with Gasteiger partial charge in [0.2, 0.25) is 0 Å². The minimum Gasteiger partial charge on any atom is -0.311 e. The van der Waals surface area contributed by atoms with Crippen LogP contribution in [0.2, 0.25) is 0 Å². The zero-order valence-corrected chi connectivity index (χ0v) is 13.3. The molecule has 0 aliphatic carbocycles. The van der Waals surface area contributed by atoms with Gasteiger partial charge in [-0.25, -0.2) is 0 Å². The number of fused-ring (bicyclic) bond motifs is 1. The van der Waals surface area contributed by atoms with Crippen LogP contribution in [-0.4, -0.2) is 39.9 Å². The van der Waals surface area contributed by atoms with Crippen molar-refractivity contribution in [2.75, 3.05) is 13.1 Å². The third-order valence-electron chi connectivity index (χ3n) is 4.76. The van der Waals surface area contributed by atoms with Crippen LogP contribution in [-0.2, 0) is 13.6 Å². The summed E-state index contributed by atoms with van der Waals surface area (Å²) in [7, 11) is 2.04. The molecule has 2 aromatic rings. The normalized spacial score (nSPS) is 23.8. The zero-order valence-electron chi connectivity index (χ0n) is 13.3. The molecule has 3 rings (SSSR count). The van der Waals surface area contributed by atoms with Crippen LogP contribution >= 0.6 is 0 Å². The van der Waals surface area contributed by atoms with Crippen molar-refractivity contribution in [1.82, 2.24) is 20.0 Å². The van der Waals surface area contributed by atoms with E-state index in [0.29, 0.717) is 12.1 Å². The number of benzene rings is 1. The van der Waals surface area contributed by atoms with E-state index in [1.165, 1.54) is 29.4 Å². The average molecular weight is 286 g/mol.